The topological polar surface area (TPSA) is 68.0 Å². The van der Waals surface area contributed by atoms with Gasteiger partial charge >= 0.3 is 0 Å². The second kappa shape index (κ2) is 9.12. The lowest BCUT2D eigenvalue weighted by atomic mass is 10.0. The molecule has 0 saturated heterocycles. The monoisotopic (exact) mass is 363 g/mol. The van der Waals surface area contributed by atoms with Crippen LogP contribution in [0.3, 0.4) is 0 Å². The zero-order chi connectivity index (χ0) is 19.1. The molecule has 1 unspecified atom stereocenters. The molecule has 2 aromatic carbocycles. The predicted molar refractivity (Wildman–Crippen MR) is 105 cm³/mol. The first-order valence-corrected chi connectivity index (χ1v) is 9.41. The first-order chi connectivity index (χ1) is 13.2. The highest BCUT2D eigenvalue weighted by Crippen LogP contribution is 2.18. The van der Waals surface area contributed by atoms with Gasteiger partial charge in [0, 0.05) is 18.4 Å². The van der Waals surface area contributed by atoms with Crippen LogP contribution in [0, 0.1) is 0 Å². The SMILES string of the molecule is CCc1ccc(C(C)NC(=O)CCCc2nnc(-c3ccccc3)o2)cc1. The summed E-state index contributed by atoms with van der Waals surface area (Å²) in [6.07, 6.45) is 2.71. The Kier molecular flexibility index (Phi) is 6.36. The quantitative estimate of drug-likeness (QED) is 0.640. The number of nitrogens with zero attached hydrogens (tertiary/aromatic N) is 2. The third-order valence-corrected chi connectivity index (χ3v) is 4.55. The van der Waals surface area contributed by atoms with Gasteiger partial charge in [0.05, 0.1) is 6.04 Å². The number of hydrogen-bond donors (Lipinski definition) is 1. The van der Waals surface area contributed by atoms with Crippen molar-refractivity contribution in [3.8, 4) is 11.5 Å². The fourth-order valence-electron chi connectivity index (χ4n) is 2.89. The van der Waals surface area contributed by atoms with Crippen LogP contribution in [0.2, 0.25) is 0 Å². The van der Waals surface area contributed by atoms with Crippen molar-refractivity contribution in [3.63, 3.8) is 0 Å². The smallest absolute Gasteiger partial charge is 0.247 e. The highest BCUT2D eigenvalue weighted by Gasteiger charge is 2.11. The summed E-state index contributed by atoms with van der Waals surface area (Å²) < 4.78 is 5.67. The summed E-state index contributed by atoms with van der Waals surface area (Å²) in [6, 6.07) is 18.0. The van der Waals surface area contributed by atoms with Gasteiger partial charge in [-0.05, 0) is 43.0 Å². The molecule has 1 aromatic heterocycles. The number of rotatable bonds is 8. The molecular weight excluding hydrogens is 338 g/mol. The van der Waals surface area contributed by atoms with Crippen molar-refractivity contribution in [1.82, 2.24) is 15.5 Å². The maximum Gasteiger partial charge on any atom is 0.247 e. The maximum atomic E-state index is 12.2. The Bertz CT molecular complexity index is 857. The van der Waals surface area contributed by atoms with Gasteiger partial charge < -0.3 is 9.73 Å². The van der Waals surface area contributed by atoms with E-state index in [1.54, 1.807) is 0 Å². The van der Waals surface area contributed by atoms with E-state index in [0.717, 1.165) is 17.5 Å². The van der Waals surface area contributed by atoms with Crippen molar-refractivity contribution in [2.45, 2.75) is 45.6 Å². The molecule has 0 saturated carbocycles. The molecule has 3 rings (SSSR count). The van der Waals surface area contributed by atoms with Gasteiger partial charge in [0.1, 0.15) is 0 Å². The predicted octanol–water partition coefficient (Wildman–Crippen LogP) is 4.50. The molecule has 5 heteroatoms. The maximum absolute atomic E-state index is 12.2. The van der Waals surface area contributed by atoms with Crippen molar-refractivity contribution in [1.29, 1.82) is 0 Å². The molecule has 27 heavy (non-hydrogen) atoms. The van der Waals surface area contributed by atoms with Gasteiger partial charge in [-0.3, -0.25) is 4.79 Å². The van der Waals surface area contributed by atoms with E-state index < -0.39 is 0 Å². The van der Waals surface area contributed by atoms with Crippen molar-refractivity contribution < 1.29 is 9.21 Å². The van der Waals surface area contributed by atoms with E-state index in [1.807, 2.05) is 37.3 Å². The molecule has 0 spiro atoms. The highest BCUT2D eigenvalue weighted by atomic mass is 16.4. The summed E-state index contributed by atoms with van der Waals surface area (Å²) in [4.78, 5) is 12.2. The average molecular weight is 363 g/mol. The van der Waals surface area contributed by atoms with Gasteiger partial charge in [-0.25, -0.2) is 0 Å². The third-order valence-electron chi connectivity index (χ3n) is 4.55. The molecular formula is C22H25N3O2. The molecule has 0 aliphatic heterocycles. The third kappa shape index (κ3) is 5.26. The summed E-state index contributed by atoms with van der Waals surface area (Å²) in [5.41, 5.74) is 3.31. The van der Waals surface area contributed by atoms with Crippen molar-refractivity contribution in [3.05, 3.63) is 71.6 Å². The van der Waals surface area contributed by atoms with Gasteiger partial charge in [0.15, 0.2) is 0 Å². The zero-order valence-corrected chi connectivity index (χ0v) is 15.8. The minimum atomic E-state index is -0.00325. The highest BCUT2D eigenvalue weighted by molar-refractivity contribution is 5.76. The molecule has 0 radical (unpaired) electrons. The van der Waals surface area contributed by atoms with Crippen LogP contribution in [0.15, 0.2) is 59.0 Å². The Morgan fingerprint density at radius 1 is 1.07 bits per heavy atom. The van der Waals surface area contributed by atoms with E-state index in [2.05, 4.69) is 46.7 Å². The van der Waals surface area contributed by atoms with Crippen molar-refractivity contribution in [2.24, 2.45) is 0 Å². The van der Waals surface area contributed by atoms with E-state index in [4.69, 9.17) is 4.42 Å². The molecule has 1 amide bonds. The van der Waals surface area contributed by atoms with Crippen LogP contribution in [-0.4, -0.2) is 16.1 Å². The molecule has 3 aromatic rings. The number of benzene rings is 2. The Hall–Kier alpha value is -2.95. The second-order valence-corrected chi connectivity index (χ2v) is 6.60. The molecule has 140 valence electrons. The molecule has 0 bridgehead atoms. The first-order valence-electron chi connectivity index (χ1n) is 9.41. The number of carbonyl (C=O) groups excluding carboxylic acids is 1. The average Bonchev–Trinajstić information content (AvgIpc) is 3.17. The lowest BCUT2D eigenvalue weighted by molar-refractivity contribution is -0.121. The fourth-order valence-corrected chi connectivity index (χ4v) is 2.89. The van der Waals surface area contributed by atoms with E-state index in [9.17, 15) is 4.79 Å². The van der Waals surface area contributed by atoms with Crippen LogP contribution in [0.5, 0.6) is 0 Å². The van der Waals surface area contributed by atoms with Crippen LogP contribution >= 0.6 is 0 Å². The summed E-state index contributed by atoms with van der Waals surface area (Å²) in [5.74, 6) is 1.11. The summed E-state index contributed by atoms with van der Waals surface area (Å²) in [5, 5.41) is 11.2. The first kappa shape index (κ1) is 18.8. The lowest BCUT2D eigenvalue weighted by Crippen LogP contribution is -2.26. The van der Waals surface area contributed by atoms with E-state index in [0.29, 0.717) is 31.0 Å². The van der Waals surface area contributed by atoms with Gasteiger partial charge in [-0.1, -0.05) is 49.4 Å². The zero-order valence-electron chi connectivity index (χ0n) is 15.8. The summed E-state index contributed by atoms with van der Waals surface area (Å²) in [6.45, 7) is 4.13. The molecule has 5 nitrogen and oxygen atoms in total. The standard InChI is InChI=1S/C22H25N3O2/c1-3-17-12-14-18(15-13-17)16(2)23-20(26)10-7-11-21-24-25-22(27-21)19-8-5-4-6-9-19/h4-6,8-9,12-16H,3,7,10-11H2,1-2H3,(H,23,26). The molecule has 1 heterocycles. The fraction of sp³-hybridized carbons (Fsp3) is 0.318. The lowest BCUT2D eigenvalue weighted by Gasteiger charge is -2.14. The van der Waals surface area contributed by atoms with Crippen LogP contribution in [-0.2, 0) is 17.6 Å². The van der Waals surface area contributed by atoms with Gasteiger partial charge in [-0.2, -0.15) is 0 Å². The second-order valence-electron chi connectivity index (χ2n) is 6.60. The molecule has 0 fully saturated rings. The van der Waals surface area contributed by atoms with Crippen LogP contribution in [0.1, 0.15) is 49.7 Å². The number of aryl methyl sites for hydroxylation is 2. The van der Waals surface area contributed by atoms with Crippen LogP contribution < -0.4 is 5.32 Å². The normalized spacial score (nSPS) is 11.9. The van der Waals surface area contributed by atoms with Gasteiger partial charge in [-0.15, -0.1) is 10.2 Å². The van der Waals surface area contributed by atoms with Gasteiger partial charge in [0.2, 0.25) is 17.7 Å². The Morgan fingerprint density at radius 3 is 2.52 bits per heavy atom. The van der Waals surface area contributed by atoms with Crippen molar-refractivity contribution in [2.75, 3.05) is 0 Å². The summed E-state index contributed by atoms with van der Waals surface area (Å²) in [7, 11) is 0. The summed E-state index contributed by atoms with van der Waals surface area (Å²) >= 11 is 0. The van der Waals surface area contributed by atoms with E-state index in [1.165, 1.54) is 5.56 Å². The molecule has 1 N–H and O–H groups in total. The van der Waals surface area contributed by atoms with Gasteiger partial charge in [0.25, 0.3) is 0 Å². The van der Waals surface area contributed by atoms with Crippen LogP contribution in [0.4, 0.5) is 0 Å². The Labute approximate surface area is 159 Å². The number of amides is 1. The molecule has 1 atom stereocenters. The molecule has 0 aliphatic carbocycles. The minimum absolute atomic E-state index is 0.00325. The number of hydrogen-bond acceptors (Lipinski definition) is 4. The number of nitrogens with one attached hydrogen (secondary N) is 1. The van der Waals surface area contributed by atoms with E-state index in [-0.39, 0.29) is 11.9 Å². The molecule has 0 aliphatic rings. The number of aromatic nitrogens is 2. The van der Waals surface area contributed by atoms with Crippen LogP contribution in [0.25, 0.3) is 11.5 Å². The van der Waals surface area contributed by atoms with E-state index >= 15 is 0 Å². The minimum Gasteiger partial charge on any atom is -0.421 e. The number of carbonyl (C=O) groups is 1. The Morgan fingerprint density at radius 2 is 1.81 bits per heavy atom. The van der Waals surface area contributed by atoms with Crippen molar-refractivity contribution >= 4 is 5.91 Å². The largest absolute Gasteiger partial charge is 0.421 e. The Balaban J connectivity index is 1.44.